The molecule has 0 radical (unpaired) electrons. The maximum absolute atomic E-state index is 12.2. The molecule has 2 rings (SSSR count). The molecule has 0 saturated heterocycles. The summed E-state index contributed by atoms with van der Waals surface area (Å²) in [6.07, 6.45) is 0. The molecular weight excluding hydrogens is 464 g/mol. The Balaban J connectivity index is 2.31. The average molecular weight is 471 g/mol. The summed E-state index contributed by atoms with van der Waals surface area (Å²) in [5, 5.41) is 3.50. The predicted molar refractivity (Wildman–Crippen MR) is 91.3 cm³/mol. The Morgan fingerprint density at radius 2 is 1.95 bits per heavy atom. The third kappa shape index (κ3) is 3.62. The van der Waals surface area contributed by atoms with Gasteiger partial charge in [-0.15, -0.1) is 0 Å². The van der Waals surface area contributed by atoms with Gasteiger partial charge in [0.1, 0.15) is 0 Å². The van der Waals surface area contributed by atoms with Crippen LogP contribution in [0, 0.1) is 3.57 Å². The second kappa shape index (κ2) is 6.43. The molecule has 0 aliphatic rings. The van der Waals surface area contributed by atoms with E-state index in [1.54, 1.807) is 24.3 Å². The van der Waals surface area contributed by atoms with Crippen LogP contribution in [0.3, 0.4) is 0 Å². The predicted octanol–water partition coefficient (Wildman–Crippen LogP) is 5.61. The summed E-state index contributed by atoms with van der Waals surface area (Å²) >= 11 is 17.4. The molecule has 2 aromatic carbocycles. The third-order valence-corrected chi connectivity index (χ3v) is 4.63. The van der Waals surface area contributed by atoms with Crippen LogP contribution in [0.5, 0.6) is 0 Å². The largest absolute Gasteiger partial charge is 0.321 e. The monoisotopic (exact) mass is 469 g/mol. The lowest BCUT2D eigenvalue weighted by Crippen LogP contribution is -2.13. The van der Waals surface area contributed by atoms with E-state index in [-0.39, 0.29) is 5.91 Å². The number of benzene rings is 2. The number of hydrogen-bond acceptors (Lipinski definition) is 1. The summed E-state index contributed by atoms with van der Waals surface area (Å²) in [7, 11) is 0. The fourth-order valence-corrected chi connectivity index (χ4v) is 2.75. The van der Waals surface area contributed by atoms with Gasteiger partial charge < -0.3 is 5.32 Å². The molecule has 19 heavy (non-hydrogen) atoms. The molecule has 1 amide bonds. The number of anilines is 1. The molecule has 0 aromatic heterocycles. The van der Waals surface area contributed by atoms with Crippen molar-refractivity contribution in [2.24, 2.45) is 0 Å². The van der Waals surface area contributed by atoms with Gasteiger partial charge in [0, 0.05) is 8.04 Å². The Morgan fingerprint density at radius 1 is 1.21 bits per heavy atom. The number of carbonyl (C=O) groups is 1. The Morgan fingerprint density at radius 3 is 2.68 bits per heavy atom. The number of rotatable bonds is 2. The Kier molecular flexibility index (Phi) is 5.11. The fraction of sp³-hybridized carbons (Fsp3) is 0. The van der Waals surface area contributed by atoms with Crippen molar-refractivity contribution in [3.05, 3.63) is 60.0 Å². The van der Waals surface area contributed by atoms with Crippen LogP contribution in [0.25, 0.3) is 0 Å². The van der Waals surface area contributed by atoms with Crippen molar-refractivity contribution >= 4 is 73.3 Å². The van der Waals surface area contributed by atoms with Gasteiger partial charge in [-0.3, -0.25) is 4.79 Å². The quantitative estimate of drug-likeness (QED) is 0.568. The molecular formula is C13H7BrCl2INO. The molecule has 0 aliphatic carbocycles. The van der Waals surface area contributed by atoms with Crippen molar-refractivity contribution in [3.8, 4) is 0 Å². The van der Waals surface area contributed by atoms with E-state index in [1.165, 1.54) is 0 Å². The van der Waals surface area contributed by atoms with E-state index in [0.29, 0.717) is 21.3 Å². The zero-order valence-electron chi connectivity index (χ0n) is 9.38. The molecule has 6 heteroatoms. The topological polar surface area (TPSA) is 29.1 Å². The first-order valence-electron chi connectivity index (χ1n) is 5.19. The molecule has 0 atom stereocenters. The number of nitrogens with one attached hydrogen (secondary N) is 1. The standard InChI is InChI=1S/C13H7BrCl2INO/c14-7-4-5-10(17)8(6-7)13(19)18-11-3-1-2-9(15)12(11)16/h1-6H,(H,18,19). The molecule has 0 unspecified atom stereocenters. The molecule has 0 bridgehead atoms. The van der Waals surface area contributed by atoms with Crippen LogP contribution in [0.1, 0.15) is 10.4 Å². The zero-order valence-corrected chi connectivity index (χ0v) is 14.6. The van der Waals surface area contributed by atoms with Gasteiger partial charge in [0.15, 0.2) is 0 Å². The highest BCUT2D eigenvalue weighted by Gasteiger charge is 2.13. The van der Waals surface area contributed by atoms with Gasteiger partial charge in [-0.2, -0.15) is 0 Å². The first-order chi connectivity index (χ1) is 8.99. The zero-order chi connectivity index (χ0) is 14.0. The lowest BCUT2D eigenvalue weighted by molar-refractivity contribution is 0.102. The van der Waals surface area contributed by atoms with Gasteiger partial charge in [-0.05, 0) is 52.9 Å². The third-order valence-electron chi connectivity index (χ3n) is 2.37. The molecule has 2 nitrogen and oxygen atoms in total. The minimum atomic E-state index is -0.227. The molecule has 1 N–H and O–H groups in total. The lowest BCUT2D eigenvalue weighted by atomic mass is 10.2. The van der Waals surface area contributed by atoms with E-state index in [1.807, 2.05) is 12.1 Å². The summed E-state index contributed by atoms with van der Waals surface area (Å²) in [6.45, 7) is 0. The summed E-state index contributed by atoms with van der Waals surface area (Å²) in [5.41, 5.74) is 1.07. The second-order valence-electron chi connectivity index (χ2n) is 3.68. The summed E-state index contributed by atoms with van der Waals surface area (Å²) in [5.74, 6) is -0.227. The summed E-state index contributed by atoms with van der Waals surface area (Å²) in [4.78, 5) is 12.2. The van der Waals surface area contributed by atoms with Gasteiger partial charge in [0.25, 0.3) is 5.91 Å². The molecule has 98 valence electrons. The van der Waals surface area contributed by atoms with Crippen LogP contribution in [-0.2, 0) is 0 Å². The van der Waals surface area contributed by atoms with Crippen molar-refractivity contribution in [2.45, 2.75) is 0 Å². The highest BCUT2D eigenvalue weighted by Crippen LogP contribution is 2.30. The Hall–Kier alpha value is -0.300. The number of hydrogen-bond donors (Lipinski definition) is 1. The summed E-state index contributed by atoms with van der Waals surface area (Å²) < 4.78 is 1.70. The van der Waals surface area contributed by atoms with E-state index in [9.17, 15) is 4.79 Å². The van der Waals surface area contributed by atoms with E-state index in [0.717, 1.165) is 8.04 Å². The van der Waals surface area contributed by atoms with E-state index >= 15 is 0 Å². The van der Waals surface area contributed by atoms with Crippen molar-refractivity contribution in [1.82, 2.24) is 0 Å². The van der Waals surface area contributed by atoms with Crippen LogP contribution >= 0.6 is 61.7 Å². The number of amides is 1. The van der Waals surface area contributed by atoms with Crippen LogP contribution < -0.4 is 5.32 Å². The van der Waals surface area contributed by atoms with Crippen molar-refractivity contribution in [1.29, 1.82) is 0 Å². The molecule has 0 heterocycles. The SMILES string of the molecule is O=C(Nc1cccc(Cl)c1Cl)c1cc(Br)ccc1I. The first kappa shape index (κ1) is 15.1. The van der Waals surface area contributed by atoms with Crippen molar-refractivity contribution in [3.63, 3.8) is 0 Å². The van der Waals surface area contributed by atoms with Gasteiger partial charge in [-0.25, -0.2) is 0 Å². The van der Waals surface area contributed by atoms with Crippen LogP contribution in [0.15, 0.2) is 40.9 Å². The maximum Gasteiger partial charge on any atom is 0.256 e. The van der Waals surface area contributed by atoms with Crippen LogP contribution in [-0.4, -0.2) is 5.91 Å². The lowest BCUT2D eigenvalue weighted by Gasteiger charge is -2.09. The van der Waals surface area contributed by atoms with E-state index in [2.05, 4.69) is 43.8 Å². The number of carbonyl (C=O) groups excluding carboxylic acids is 1. The second-order valence-corrected chi connectivity index (χ2v) is 6.54. The highest BCUT2D eigenvalue weighted by molar-refractivity contribution is 14.1. The van der Waals surface area contributed by atoms with E-state index in [4.69, 9.17) is 23.2 Å². The van der Waals surface area contributed by atoms with E-state index < -0.39 is 0 Å². The smallest absolute Gasteiger partial charge is 0.256 e. The first-order valence-corrected chi connectivity index (χ1v) is 7.82. The molecule has 0 saturated carbocycles. The van der Waals surface area contributed by atoms with Crippen molar-refractivity contribution < 1.29 is 4.79 Å². The molecule has 0 fully saturated rings. The minimum absolute atomic E-state index is 0.227. The molecule has 0 spiro atoms. The van der Waals surface area contributed by atoms with Crippen LogP contribution in [0.4, 0.5) is 5.69 Å². The normalized spacial score (nSPS) is 10.3. The fourth-order valence-electron chi connectivity index (χ4n) is 1.46. The maximum atomic E-state index is 12.2. The van der Waals surface area contributed by atoms with Gasteiger partial charge >= 0.3 is 0 Å². The van der Waals surface area contributed by atoms with Gasteiger partial charge in [-0.1, -0.05) is 45.2 Å². The average Bonchev–Trinajstić information content (AvgIpc) is 2.38. The minimum Gasteiger partial charge on any atom is -0.321 e. The molecule has 0 aliphatic heterocycles. The van der Waals surface area contributed by atoms with Crippen LogP contribution in [0.2, 0.25) is 10.0 Å². The Labute approximate surface area is 142 Å². The Bertz CT molecular complexity index is 649. The van der Waals surface area contributed by atoms with Gasteiger partial charge in [0.05, 0.1) is 21.3 Å². The van der Waals surface area contributed by atoms with Gasteiger partial charge in [0.2, 0.25) is 0 Å². The molecule has 2 aromatic rings. The summed E-state index contributed by atoms with van der Waals surface area (Å²) in [6, 6.07) is 10.6. The van der Waals surface area contributed by atoms with Crippen molar-refractivity contribution in [2.75, 3.05) is 5.32 Å². The highest BCUT2D eigenvalue weighted by atomic mass is 127. The number of halogens is 4.